The van der Waals surface area contributed by atoms with Gasteiger partial charge in [0.15, 0.2) is 6.29 Å². The van der Waals surface area contributed by atoms with Crippen LogP contribution in [0.4, 0.5) is 0 Å². The molecular formula is C50H82O17. The molecule has 0 aromatic carbocycles. The predicted molar refractivity (Wildman–Crippen MR) is 238 cm³/mol. The van der Waals surface area contributed by atoms with Crippen LogP contribution in [0.2, 0.25) is 0 Å². The molecule has 6 saturated carbocycles. The summed E-state index contributed by atoms with van der Waals surface area (Å²) in [7, 11) is 0. The lowest BCUT2D eigenvalue weighted by atomic mass is 9.40. The number of aliphatic hydroxyl groups excluding tert-OH is 10. The van der Waals surface area contributed by atoms with Crippen LogP contribution in [-0.4, -0.2) is 175 Å². The molecule has 2 saturated heterocycles. The lowest BCUT2D eigenvalue weighted by Gasteiger charge is -2.64. The van der Waals surface area contributed by atoms with Gasteiger partial charge in [0.2, 0.25) is 6.29 Å². The van der Waals surface area contributed by atoms with Crippen molar-refractivity contribution in [1.82, 2.24) is 0 Å². The van der Waals surface area contributed by atoms with Crippen LogP contribution >= 0.6 is 0 Å². The van der Waals surface area contributed by atoms with Crippen LogP contribution in [0.15, 0.2) is 12.2 Å². The van der Waals surface area contributed by atoms with Gasteiger partial charge < -0.3 is 79.5 Å². The van der Waals surface area contributed by atoms with E-state index < -0.39 is 116 Å². The Bertz CT molecular complexity index is 1730. The summed E-state index contributed by atoms with van der Waals surface area (Å²) in [5.41, 5.74) is -0.351. The molecule has 1 spiro atoms. The second kappa shape index (κ2) is 19.9. The van der Waals surface area contributed by atoms with Crippen LogP contribution in [0.1, 0.15) is 106 Å². The highest BCUT2D eigenvalue weighted by Crippen LogP contribution is 2.72. The summed E-state index contributed by atoms with van der Waals surface area (Å²) in [4.78, 5) is 14.5. The zero-order valence-electron chi connectivity index (χ0n) is 40.3. The first kappa shape index (κ1) is 51.9. The van der Waals surface area contributed by atoms with E-state index >= 15 is 0 Å². The largest absolute Gasteiger partial charge is 0.432 e. The smallest absolute Gasteiger partial charge is 0.314 e. The maximum Gasteiger partial charge on any atom is 0.314 e. The van der Waals surface area contributed by atoms with Crippen molar-refractivity contribution in [3.63, 3.8) is 0 Å². The van der Waals surface area contributed by atoms with Crippen LogP contribution in [0.5, 0.6) is 0 Å². The monoisotopic (exact) mass is 955 g/mol. The van der Waals surface area contributed by atoms with Crippen LogP contribution in [0, 0.1) is 69.5 Å². The van der Waals surface area contributed by atoms with E-state index in [1.54, 1.807) is 0 Å². The van der Waals surface area contributed by atoms with Gasteiger partial charge in [-0.1, -0.05) is 53.2 Å². The number of rotatable bonds is 12. The summed E-state index contributed by atoms with van der Waals surface area (Å²) >= 11 is 0. The van der Waals surface area contributed by atoms with E-state index in [2.05, 4.69) is 13.5 Å². The lowest BCUT2D eigenvalue weighted by Crippen LogP contribution is -2.63. The van der Waals surface area contributed by atoms with Crippen molar-refractivity contribution in [3.8, 4) is 0 Å². The van der Waals surface area contributed by atoms with E-state index in [4.69, 9.17) is 28.4 Å². The van der Waals surface area contributed by atoms with E-state index in [0.717, 1.165) is 44.1 Å². The number of fused-ring (bicyclic) bond motifs is 3. The molecule has 6 aliphatic carbocycles. The van der Waals surface area contributed by atoms with Gasteiger partial charge in [-0.2, -0.15) is 0 Å². The molecule has 2 aliphatic heterocycles. The Morgan fingerprint density at radius 2 is 1.28 bits per heavy atom. The van der Waals surface area contributed by atoms with E-state index in [9.17, 15) is 55.9 Å². The highest BCUT2D eigenvalue weighted by Gasteiger charge is 2.68. The highest BCUT2D eigenvalue weighted by atomic mass is 16.7. The third-order valence-electron chi connectivity index (χ3n) is 19.6. The van der Waals surface area contributed by atoms with Crippen molar-refractivity contribution >= 4 is 5.97 Å². The molecule has 8 fully saturated rings. The number of carbonyl (C=O) groups is 1. The van der Waals surface area contributed by atoms with Crippen molar-refractivity contribution in [2.45, 2.75) is 198 Å². The Balaban J connectivity index is 1.09. The Hall–Kier alpha value is -1.39. The molecule has 8 rings (SSSR count). The average Bonchev–Trinajstić information content (AvgIpc) is 3.58. The fourth-order valence-corrected chi connectivity index (χ4v) is 15.3. The van der Waals surface area contributed by atoms with E-state index in [1.165, 1.54) is 0 Å². The first-order chi connectivity index (χ1) is 31.7. The van der Waals surface area contributed by atoms with Gasteiger partial charge in [-0.05, 0) is 99.2 Å². The van der Waals surface area contributed by atoms with Gasteiger partial charge in [0.25, 0.3) is 0 Å². The summed E-state index contributed by atoms with van der Waals surface area (Å²) in [6, 6.07) is 0. The van der Waals surface area contributed by atoms with Gasteiger partial charge in [0.05, 0.1) is 61.4 Å². The van der Waals surface area contributed by atoms with Crippen LogP contribution in [0.25, 0.3) is 0 Å². The molecule has 67 heavy (non-hydrogen) atoms. The average molecular weight is 955 g/mol. The molecule has 2 bridgehead atoms. The maximum atomic E-state index is 14.5. The third-order valence-corrected chi connectivity index (χ3v) is 19.6. The number of aliphatic hydroxyl groups is 10. The standard InChI is InChI=1S/C50H82O17/c1-22-16-50-12-9-35-48(6,10-8-11-49(35,7)47(61)67-46-42(60)41(59)40(58)34(21-54)65-46)36(50)15-31(29(22)17-50)62-32-14-28(19-52)39(57)44(63-30-13-27(18-51)23(2)37(55)24(30)3)43(32)66-45-26(5)38(56)25(4)33(20-53)64-45/h23-46,51-60H,1,8-21H2,2-7H3/t23-,24+,25-,26-,27-,28-,29?,30-,31?,32-,33-,34-,35+,36?,37+,38+,39-,40-,41+,42-,43+,44?,45+,46?,48-,49-,50?/m1/s1. The number of esters is 1. The third kappa shape index (κ3) is 8.91. The predicted octanol–water partition coefficient (Wildman–Crippen LogP) is 1.17. The normalized spacial score (nSPS) is 54.5. The van der Waals surface area contributed by atoms with Gasteiger partial charge >= 0.3 is 5.97 Å². The fourth-order valence-electron chi connectivity index (χ4n) is 15.3. The Morgan fingerprint density at radius 3 is 1.96 bits per heavy atom. The molecular weight excluding hydrogens is 873 g/mol. The van der Waals surface area contributed by atoms with Crippen molar-refractivity contribution in [2.75, 3.05) is 26.4 Å². The molecule has 0 radical (unpaired) electrons. The fraction of sp³-hybridized carbons (Fsp3) is 0.940. The molecule has 0 amide bonds. The Kier molecular flexibility index (Phi) is 15.4. The van der Waals surface area contributed by atoms with Gasteiger partial charge in [-0.15, -0.1) is 0 Å². The second-order valence-corrected chi connectivity index (χ2v) is 23.2. The molecule has 10 N–H and O–H groups in total. The second-order valence-electron chi connectivity index (χ2n) is 23.2. The van der Waals surface area contributed by atoms with Crippen molar-refractivity contribution < 1.29 is 84.3 Å². The number of hydrogen-bond donors (Lipinski definition) is 10. The van der Waals surface area contributed by atoms with Crippen LogP contribution in [-0.2, 0) is 33.2 Å². The maximum absolute atomic E-state index is 14.5. The quantitative estimate of drug-likeness (QED) is 0.0972. The molecule has 6 unspecified atom stereocenters. The summed E-state index contributed by atoms with van der Waals surface area (Å²) in [5.74, 6) is -3.04. The highest BCUT2D eigenvalue weighted by molar-refractivity contribution is 5.77. The van der Waals surface area contributed by atoms with Crippen molar-refractivity contribution in [1.29, 1.82) is 0 Å². The topological polar surface area (TPSA) is 275 Å². The summed E-state index contributed by atoms with van der Waals surface area (Å²) in [6.07, 6.45) is -9.58. The molecule has 8 aliphatic rings. The van der Waals surface area contributed by atoms with E-state index in [1.807, 2.05) is 34.6 Å². The van der Waals surface area contributed by atoms with Gasteiger partial charge in [-0.25, -0.2) is 0 Å². The van der Waals surface area contributed by atoms with Crippen molar-refractivity contribution in [3.05, 3.63) is 12.2 Å². The minimum Gasteiger partial charge on any atom is -0.432 e. The molecule has 0 aromatic rings. The minimum atomic E-state index is -1.71. The zero-order valence-corrected chi connectivity index (χ0v) is 40.3. The summed E-state index contributed by atoms with van der Waals surface area (Å²) in [6.45, 7) is 14.7. The Morgan fingerprint density at radius 1 is 0.627 bits per heavy atom. The van der Waals surface area contributed by atoms with Gasteiger partial charge in [-0.3, -0.25) is 4.79 Å². The first-order valence-electron chi connectivity index (χ1n) is 25.4. The molecule has 2 heterocycles. The first-order valence-corrected chi connectivity index (χ1v) is 25.4. The SMILES string of the molecule is C=C1CC23CC[C@@H]4[C@](C)(C(=O)OC5O[C@H](CO)[C@@H](O)[C@H](O)[C@H]5O)CCC[C@@]4(C)C2CC(O[C@@H]2C[C@H](CO)[C@@H](O)C(O[C@@H]4C[C@H](CO)[C@@H](C)[C@H](O)[C@H]4C)[C@H]2O[C@@H]2O[C@H](CO)[C@@H](C)[C@H](O)[C@H]2C)C1C3. The van der Waals surface area contributed by atoms with Gasteiger partial charge in [0, 0.05) is 42.8 Å². The molecule has 17 nitrogen and oxygen atoms in total. The number of carbonyl (C=O) groups excluding carboxylic acids is 1. The minimum absolute atomic E-state index is 0.00594. The molecule has 27 atom stereocenters. The molecule has 384 valence electrons. The Labute approximate surface area is 395 Å². The molecule has 17 heteroatoms. The number of ether oxygens (including phenoxy) is 6. The zero-order chi connectivity index (χ0) is 48.7. The van der Waals surface area contributed by atoms with Crippen LogP contribution in [0.3, 0.4) is 0 Å². The van der Waals surface area contributed by atoms with E-state index in [-0.39, 0.29) is 84.6 Å². The van der Waals surface area contributed by atoms with E-state index in [0.29, 0.717) is 19.3 Å². The summed E-state index contributed by atoms with van der Waals surface area (Å²) in [5, 5.41) is 108. The number of hydrogen-bond acceptors (Lipinski definition) is 17. The summed E-state index contributed by atoms with van der Waals surface area (Å²) < 4.78 is 39.1. The van der Waals surface area contributed by atoms with Crippen LogP contribution < -0.4 is 0 Å². The molecule has 0 aromatic heterocycles. The van der Waals surface area contributed by atoms with Crippen molar-refractivity contribution in [2.24, 2.45) is 69.5 Å². The van der Waals surface area contributed by atoms with Gasteiger partial charge in [0.1, 0.15) is 36.6 Å². The lowest BCUT2D eigenvalue weighted by molar-refractivity contribution is -0.326.